The molecule has 216 valence electrons. The number of anilines is 2. The fourth-order valence-corrected chi connectivity index (χ4v) is 4.96. The van der Waals surface area contributed by atoms with E-state index in [0.717, 1.165) is 11.4 Å². The van der Waals surface area contributed by atoms with Crippen LogP contribution in [0.15, 0.2) is 54.6 Å². The molecule has 3 N–H and O–H groups in total. The monoisotopic (exact) mass is 572 g/mol. The van der Waals surface area contributed by atoms with E-state index in [-0.39, 0.29) is 23.7 Å². The number of nitrogens with one attached hydrogen (secondary N) is 3. The van der Waals surface area contributed by atoms with Crippen molar-refractivity contribution in [3.63, 3.8) is 0 Å². The molecule has 1 aliphatic rings. The Morgan fingerprint density at radius 2 is 1.67 bits per heavy atom. The number of carbonyl (C=O) groups is 3. The summed E-state index contributed by atoms with van der Waals surface area (Å²) in [6.45, 7) is 2.81. The van der Waals surface area contributed by atoms with Gasteiger partial charge in [0.2, 0.25) is 11.8 Å². The molecule has 0 saturated carbocycles. The van der Waals surface area contributed by atoms with E-state index in [1.54, 1.807) is 18.2 Å². The Morgan fingerprint density at radius 1 is 0.976 bits per heavy atom. The quantitative estimate of drug-likeness (QED) is 0.267. The number of fused-ring (bicyclic) bond motifs is 1. The topological polar surface area (TPSA) is 110 Å². The van der Waals surface area contributed by atoms with Gasteiger partial charge in [-0.25, -0.2) is 13.8 Å². The van der Waals surface area contributed by atoms with Crippen LogP contribution in [0.3, 0.4) is 0 Å². The average molecular weight is 573 g/mol. The highest BCUT2D eigenvalue weighted by molar-refractivity contribution is 6.09. The van der Waals surface area contributed by atoms with Gasteiger partial charge in [-0.3, -0.25) is 14.4 Å². The van der Waals surface area contributed by atoms with Gasteiger partial charge in [-0.05, 0) is 80.7 Å². The standard InChI is InChI=1S/C31H30F2N6O3/c1-17-26(16-38(2)3)37-30(35-17)23-12-11-21(24-15-34-31(42)29(23)24)22-10-7-19(13-25(22)33)36-27(40)14-28(41)39(4)20-8-5-18(32)6-9-20/h5-13H,14-16H2,1-4H3,(H,34,42)(H,35,37)(H,36,40). The van der Waals surface area contributed by atoms with Gasteiger partial charge in [0, 0.05) is 48.3 Å². The number of aryl methyl sites for hydroxylation is 1. The molecule has 0 atom stereocenters. The molecular formula is C31H30F2N6O3. The molecule has 1 aliphatic heterocycles. The minimum absolute atomic E-state index is 0.181. The lowest BCUT2D eigenvalue weighted by Gasteiger charge is -2.17. The van der Waals surface area contributed by atoms with Crippen molar-refractivity contribution in [1.29, 1.82) is 0 Å². The number of hydrogen-bond donors (Lipinski definition) is 3. The zero-order chi connectivity index (χ0) is 30.1. The third-order valence-electron chi connectivity index (χ3n) is 7.12. The Hall–Kier alpha value is -4.90. The Labute approximate surface area is 241 Å². The van der Waals surface area contributed by atoms with E-state index in [2.05, 4.69) is 15.6 Å². The molecule has 0 unspecified atom stereocenters. The summed E-state index contributed by atoms with van der Waals surface area (Å²) >= 11 is 0. The fourth-order valence-electron chi connectivity index (χ4n) is 4.96. The van der Waals surface area contributed by atoms with Crippen LogP contribution in [0.4, 0.5) is 20.2 Å². The number of benzene rings is 3. The van der Waals surface area contributed by atoms with Crippen molar-refractivity contribution in [2.45, 2.75) is 26.4 Å². The van der Waals surface area contributed by atoms with Crippen LogP contribution >= 0.6 is 0 Å². The Morgan fingerprint density at radius 3 is 2.36 bits per heavy atom. The predicted molar refractivity (Wildman–Crippen MR) is 156 cm³/mol. The van der Waals surface area contributed by atoms with Crippen LogP contribution in [0, 0.1) is 18.6 Å². The summed E-state index contributed by atoms with van der Waals surface area (Å²) in [5.41, 5.74) is 4.95. The average Bonchev–Trinajstić information content (AvgIpc) is 3.50. The van der Waals surface area contributed by atoms with Crippen molar-refractivity contribution in [1.82, 2.24) is 20.2 Å². The van der Waals surface area contributed by atoms with E-state index in [9.17, 15) is 18.8 Å². The Bertz CT molecular complexity index is 1700. The number of carbonyl (C=O) groups excluding carboxylic acids is 3. The van der Waals surface area contributed by atoms with Gasteiger partial charge in [-0.15, -0.1) is 0 Å². The number of aromatic amines is 1. The number of rotatable bonds is 8. The zero-order valence-corrected chi connectivity index (χ0v) is 23.6. The molecule has 4 aromatic rings. The Balaban J connectivity index is 1.35. The number of imidazole rings is 1. The normalized spacial score (nSPS) is 12.3. The van der Waals surface area contributed by atoms with Crippen molar-refractivity contribution >= 4 is 29.1 Å². The third kappa shape index (κ3) is 5.77. The van der Waals surface area contributed by atoms with Crippen LogP contribution in [0.25, 0.3) is 22.5 Å². The molecule has 0 saturated heterocycles. The van der Waals surface area contributed by atoms with E-state index < -0.39 is 29.9 Å². The van der Waals surface area contributed by atoms with E-state index in [1.165, 1.54) is 48.3 Å². The van der Waals surface area contributed by atoms with Crippen LogP contribution < -0.4 is 15.5 Å². The van der Waals surface area contributed by atoms with E-state index in [1.807, 2.05) is 25.9 Å². The highest BCUT2D eigenvalue weighted by Crippen LogP contribution is 2.37. The third-order valence-corrected chi connectivity index (χ3v) is 7.12. The first kappa shape index (κ1) is 28.6. The van der Waals surface area contributed by atoms with Crippen LogP contribution in [-0.2, 0) is 22.7 Å². The first-order valence-electron chi connectivity index (χ1n) is 13.3. The second-order valence-electron chi connectivity index (χ2n) is 10.4. The maximum atomic E-state index is 15.4. The van der Waals surface area contributed by atoms with Gasteiger partial charge < -0.3 is 25.4 Å². The molecule has 0 spiro atoms. The van der Waals surface area contributed by atoms with Crippen LogP contribution in [0.2, 0.25) is 0 Å². The number of aromatic nitrogens is 2. The summed E-state index contributed by atoms with van der Waals surface area (Å²) in [4.78, 5) is 49.1. The minimum Gasteiger partial charge on any atom is -0.348 e. The van der Waals surface area contributed by atoms with Crippen molar-refractivity contribution in [3.05, 3.63) is 88.7 Å². The molecule has 9 nitrogen and oxygen atoms in total. The predicted octanol–water partition coefficient (Wildman–Crippen LogP) is 4.63. The number of nitrogens with zero attached hydrogens (tertiary/aromatic N) is 3. The maximum absolute atomic E-state index is 15.4. The molecule has 2 heterocycles. The summed E-state index contributed by atoms with van der Waals surface area (Å²) in [5.74, 6) is -1.85. The lowest BCUT2D eigenvalue weighted by molar-refractivity contribution is -0.125. The first-order chi connectivity index (χ1) is 20.0. The van der Waals surface area contributed by atoms with Gasteiger partial charge in [0.1, 0.15) is 23.9 Å². The van der Waals surface area contributed by atoms with Gasteiger partial charge >= 0.3 is 0 Å². The number of amides is 3. The van der Waals surface area contributed by atoms with Gasteiger partial charge in [0.15, 0.2) is 0 Å². The summed E-state index contributed by atoms with van der Waals surface area (Å²) < 4.78 is 28.6. The van der Waals surface area contributed by atoms with Gasteiger partial charge in [0.25, 0.3) is 5.91 Å². The largest absolute Gasteiger partial charge is 0.348 e. The maximum Gasteiger partial charge on any atom is 0.252 e. The minimum atomic E-state index is -0.622. The van der Waals surface area contributed by atoms with E-state index in [0.29, 0.717) is 40.3 Å². The molecule has 1 aromatic heterocycles. The Kier molecular flexibility index (Phi) is 7.86. The van der Waals surface area contributed by atoms with E-state index >= 15 is 4.39 Å². The molecule has 5 rings (SSSR count). The molecule has 0 bridgehead atoms. The molecule has 0 fully saturated rings. The van der Waals surface area contributed by atoms with E-state index in [4.69, 9.17) is 4.98 Å². The van der Waals surface area contributed by atoms with Crippen molar-refractivity contribution in [3.8, 4) is 22.5 Å². The smallest absolute Gasteiger partial charge is 0.252 e. The molecule has 42 heavy (non-hydrogen) atoms. The first-order valence-corrected chi connectivity index (χ1v) is 13.3. The van der Waals surface area contributed by atoms with Crippen LogP contribution in [0.5, 0.6) is 0 Å². The van der Waals surface area contributed by atoms with Crippen LogP contribution in [0.1, 0.15) is 33.7 Å². The molecule has 0 aliphatic carbocycles. The highest BCUT2D eigenvalue weighted by Gasteiger charge is 2.29. The highest BCUT2D eigenvalue weighted by atomic mass is 19.1. The zero-order valence-electron chi connectivity index (χ0n) is 23.6. The fraction of sp³-hybridized carbons (Fsp3) is 0.226. The second kappa shape index (κ2) is 11.5. The molecule has 0 radical (unpaired) electrons. The summed E-state index contributed by atoms with van der Waals surface area (Å²) in [7, 11) is 5.39. The number of H-pyrrole nitrogens is 1. The summed E-state index contributed by atoms with van der Waals surface area (Å²) in [6, 6.07) is 13.1. The molecule has 3 amide bonds. The van der Waals surface area contributed by atoms with Crippen molar-refractivity contribution < 1.29 is 23.2 Å². The molecule has 3 aromatic carbocycles. The van der Waals surface area contributed by atoms with Gasteiger partial charge in [-0.1, -0.05) is 6.07 Å². The molecule has 11 heteroatoms. The van der Waals surface area contributed by atoms with Crippen molar-refractivity contribution in [2.75, 3.05) is 31.4 Å². The summed E-state index contributed by atoms with van der Waals surface area (Å²) in [6.07, 6.45) is -0.484. The number of hydrogen-bond acceptors (Lipinski definition) is 5. The molecular weight excluding hydrogens is 542 g/mol. The lowest BCUT2D eigenvalue weighted by atomic mass is 9.92. The van der Waals surface area contributed by atoms with Gasteiger partial charge in [-0.2, -0.15) is 0 Å². The van der Waals surface area contributed by atoms with Crippen molar-refractivity contribution in [2.24, 2.45) is 0 Å². The SMILES string of the molecule is Cc1[nH]c(-c2ccc(-c3ccc(NC(=O)CC(=O)N(C)c4ccc(F)cc4)cc3F)c3c2C(=O)NC3)nc1CN(C)C. The van der Waals surface area contributed by atoms with Crippen LogP contribution in [-0.4, -0.2) is 53.7 Å². The lowest BCUT2D eigenvalue weighted by Crippen LogP contribution is -2.30. The number of halogens is 2. The van der Waals surface area contributed by atoms with Gasteiger partial charge in [0.05, 0.1) is 11.3 Å². The summed E-state index contributed by atoms with van der Waals surface area (Å²) in [5, 5.41) is 5.38. The second-order valence-corrected chi connectivity index (χ2v) is 10.4.